The predicted molar refractivity (Wildman–Crippen MR) is 71.6 cm³/mol. The molecule has 1 aliphatic heterocycles. The van der Waals surface area contributed by atoms with Gasteiger partial charge in [0.05, 0.1) is 19.8 Å². The molecule has 1 aromatic rings. The highest BCUT2D eigenvalue weighted by atomic mass is 31.2. The Balaban J connectivity index is 1.62. The Morgan fingerprint density at radius 1 is 1.16 bits per heavy atom. The molecule has 1 aromatic carbocycles. The maximum atomic E-state index is 13.7. The van der Waals surface area contributed by atoms with Crippen LogP contribution in [0.3, 0.4) is 0 Å². The van der Waals surface area contributed by atoms with Crippen molar-refractivity contribution in [3.05, 3.63) is 35.9 Å². The van der Waals surface area contributed by atoms with Crippen molar-refractivity contribution in [3.63, 3.8) is 0 Å². The minimum Gasteiger partial charge on any atom is -0.374 e. The maximum Gasteiger partial charge on any atom is 0.445 e. The molecule has 4 nitrogen and oxygen atoms in total. The third-order valence-corrected chi connectivity index (χ3v) is 4.59. The second-order valence-corrected chi connectivity index (χ2v) is 6.21. The molecular formula is C13H19FNO3P. The molecule has 1 atom stereocenters. The lowest BCUT2D eigenvalue weighted by Crippen LogP contribution is -2.16. The van der Waals surface area contributed by atoms with Gasteiger partial charge in [0, 0.05) is 13.1 Å². The second-order valence-electron chi connectivity index (χ2n) is 4.48. The van der Waals surface area contributed by atoms with Crippen LogP contribution in [-0.4, -0.2) is 31.0 Å². The number of nitrogens with zero attached hydrogens (tertiary/aromatic N) is 1. The van der Waals surface area contributed by atoms with Crippen molar-refractivity contribution in [2.24, 2.45) is 0 Å². The number of ether oxygens (including phenoxy) is 1. The van der Waals surface area contributed by atoms with E-state index >= 15 is 0 Å². The van der Waals surface area contributed by atoms with Crippen LogP contribution in [-0.2, 0) is 20.4 Å². The van der Waals surface area contributed by atoms with Gasteiger partial charge in [0.1, 0.15) is 0 Å². The monoisotopic (exact) mass is 287 g/mol. The summed E-state index contributed by atoms with van der Waals surface area (Å²) in [6, 6.07) is 9.69. The molecule has 0 N–H and O–H groups in total. The largest absolute Gasteiger partial charge is 0.445 e. The highest BCUT2D eigenvalue weighted by Gasteiger charge is 2.33. The first-order valence-electron chi connectivity index (χ1n) is 6.50. The van der Waals surface area contributed by atoms with E-state index in [4.69, 9.17) is 9.26 Å². The number of rotatable bonds is 7. The summed E-state index contributed by atoms with van der Waals surface area (Å²) in [7, 11) is -4.10. The van der Waals surface area contributed by atoms with Gasteiger partial charge >= 0.3 is 7.83 Å². The van der Waals surface area contributed by atoms with Crippen LogP contribution in [0.4, 0.5) is 4.20 Å². The van der Waals surface area contributed by atoms with Gasteiger partial charge in [0.25, 0.3) is 0 Å². The highest BCUT2D eigenvalue weighted by molar-refractivity contribution is 7.50. The Hall–Kier alpha value is -0.740. The molecule has 0 amide bonds. The number of halogens is 1. The zero-order valence-corrected chi connectivity index (χ0v) is 11.7. The lowest BCUT2D eigenvalue weighted by molar-refractivity contribution is 0.0827. The Kier molecular flexibility index (Phi) is 5.52. The Morgan fingerprint density at radius 2 is 1.84 bits per heavy atom. The molecule has 1 saturated heterocycles. The molecule has 2 rings (SSSR count). The topological polar surface area (TPSA) is 38.8 Å². The fourth-order valence-electron chi connectivity index (χ4n) is 1.99. The van der Waals surface area contributed by atoms with Crippen molar-refractivity contribution in [1.29, 1.82) is 0 Å². The molecule has 1 unspecified atom stereocenters. The molecule has 106 valence electrons. The lowest BCUT2D eigenvalue weighted by Gasteiger charge is -2.19. The summed E-state index contributed by atoms with van der Waals surface area (Å²) < 4.78 is 36.9. The predicted octanol–water partition coefficient (Wildman–Crippen LogP) is 3.39. The van der Waals surface area contributed by atoms with E-state index in [1.165, 1.54) is 4.67 Å². The molecule has 1 fully saturated rings. The summed E-state index contributed by atoms with van der Waals surface area (Å²) in [5, 5.41) is 0. The first-order chi connectivity index (χ1) is 9.18. The third kappa shape index (κ3) is 4.69. The van der Waals surface area contributed by atoms with E-state index in [0.29, 0.717) is 19.7 Å². The maximum absolute atomic E-state index is 13.7. The van der Waals surface area contributed by atoms with Gasteiger partial charge in [0.2, 0.25) is 0 Å². The average Bonchev–Trinajstić information content (AvgIpc) is 2.94. The summed E-state index contributed by atoms with van der Waals surface area (Å²) in [5.74, 6) is 0. The van der Waals surface area contributed by atoms with E-state index in [0.717, 1.165) is 18.4 Å². The number of hydrogen-bond donors (Lipinski definition) is 0. The third-order valence-electron chi connectivity index (χ3n) is 3.01. The van der Waals surface area contributed by atoms with Gasteiger partial charge in [-0.3, -0.25) is 4.52 Å². The second kappa shape index (κ2) is 7.15. The van der Waals surface area contributed by atoms with Crippen LogP contribution >= 0.6 is 7.83 Å². The van der Waals surface area contributed by atoms with Crippen LogP contribution in [0.2, 0.25) is 0 Å². The van der Waals surface area contributed by atoms with Crippen molar-refractivity contribution in [2.45, 2.75) is 19.4 Å². The molecule has 1 aliphatic rings. The zero-order valence-electron chi connectivity index (χ0n) is 10.8. The molecule has 0 aliphatic carbocycles. The molecule has 0 saturated carbocycles. The van der Waals surface area contributed by atoms with Crippen LogP contribution in [0.1, 0.15) is 18.4 Å². The van der Waals surface area contributed by atoms with Gasteiger partial charge in [-0.1, -0.05) is 30.3 Å². The van der Waals surface area contributed by atoms with Gasteiger partial charge in [-0.2, -0.15) is 0 Å². The van der Waals surface area contributed by atoms with Crippen molar-refractivity contribution >= 4 is 7.83 Å². The van der Waals surface area contributed by atoms with Crippen LogP contribution in [0.5, 0.6) is 0 Å². The van der Waals surface area contributed by atoms with E-state index in [2.05, 4.69) is 0 Å². The van der Waals surface area contributed by atoms with Gasteiger partial charge in [-0.25, -0.2) is 9.24 Å². The molecule has 1 heterocycles. The summed E-state index contributed by atoms with van der Waals surface area (Å²) in [5.41, 5.74) is 1.05. The van der Waals surface area contributed by atoms with Crippen molar-refractivity contribution in [3.8, 4) is 0 Å². The van der Waals surface area contributed by atoms with Crippen molar-refractivity contribution in [1.82, 2.24) is 4.67 Å². The molecule has 6 heteroatoms. The lowest BCUT2D eigenvalue weighted by atomic mass is 10.2. The average molecular weight is 287 g/mol. The van der Waals surface area contributed by atoms with E-state index < -0.39 is 7.83 Å². The summed E-state index contributed by atoms with van der Waals surface area (Å²) in [6.07, 6.45) is 1.75. The first-order valence-corrected chi connectivity index (χ1v) is 7.97. The fourth-order valence-corrected chi connectivity index (χ4v) is 3.22. The van der Waals surface area contributed by atoms with E-state index in [1.54, 1.807) is 0 Å². The SMILES string of the molecule is O=P(F)(OCCOCc1ccccc1)N1CCCC1. The van der Waals surface area contributed by atoms with Crippen LogP contribution in [0, 0.1) is 0 Å². The molecule has 19 heavy (non-hydrogen) atoms. The fraction of sp³-hybridized carbons (Fsp3) is 0.538. The van der Waals surface area contributed by atoms with E-state index in [9.17, 15) is 8.76 Å². The minimum absolute atomic E-state index is 0.0110. The van der Waals surface area contributed by atoms with Gasteiger partial charge < -0.3 is 4.74 Å². The van der Waals surface area contributed by atoms with E-state index in [-0.39, 0.29) is 13.2 Å². The molecular weight excluding hydrogens is 268 g/mol. The quantitative estimate of drug-likeness (QED) is 0.569. The normalized spacial score (nSPS) is 19.4. The van der Waals surface area contributed by atoms with Crippen LogP contribution in [0.25, 0.3) is 0 Å². The number of hydrogen-bond acceptors (Lipinski definition) is 3. The van der Waals surface area contributed by atoms with Gasteiger partial charge in [0.15, 0.2) is 0 Å². The molecule has 0 spiro atoms. The Morgan fingerprint density at radius 3 is 2.53 bits per heavy atom. The summed E-state index contributed by atoms with van der Waals surface area (Å²) in [4.78, 5) is 0. The van der Waals surface area contributed by atoms with Crippen LogP contribution in [0.15, 0.2) is 30.3 Å². The summed E-state index contributed by atoms with van der Waals surface area (Å²) in [6.45, 7) is 1.72. The minimum atomic E-state index is -4.10. The summed E-state index contributed by atoms with van der Waals surface area (Å²) >= 11 is 0. The highest BCUT2D eigenvalue weighted by Crippen LogP contribution is 2.53. The molecule has 0 radical (unpaired) electrons. The zero-order chi connectivity index (χ0) is 13.6. The van der Waals surface area contributed by atoms with E-state index in [1.807, 2.05) is 30.3 Å². The standard InChI is InChI=1S/C13H19FNO3P/c14-19(16,15-8-4-5-9-15)18-11-10-17-12-13-6-2-1-3-7-13/h1-3,6-7H,4-5,8-12H2. The van der Waals surface area contributed by atoms with Gasteiger partial charge in [-0.15, -0.1) is 4.20 Å². The van der Waals surface area contributed by atoms with Gasteiger partial charge in [-0.05, 0) is 18.4 Å². The Labute approximate surface area is 113 Å². The van der Waals surface area contributed by atoms with Crippen molar-refractivity contribution < 1.29 is 18.0 Å². The first kappa shape index (κ1) is 14.7. The van der Waals surface area contributed by atoms with Crippen molar-refractivity contribution in [2.75, 3.05) is 26.3 Å². The Bertz CT molecular complexity index is 423. The van der Waals surface area contributed by atoms with Crippen LogP contribution < -0.4 is 0 Å². The molecule has 0 aromatic heterocycles. The molecule has 0 bridgehead atoms. The number of benzene rings is 1. The smallest absolute Gasteiger partial charge is 0.374 e.